The van der Waals surface area contributed by atoms with Gasteiger partial charge in [0.05, 0.1) is 17.1 Å². The quantitative estimate of drug-likeness (QED) is 0.600. The van der Waals surface area contributed by atoms with Crippen molar-refractivity contribution >= 4 is 38.9 Å². The van der Waals surface area contributed by atoms with Gasteiger partial charge >= 0.3 is 0 Å². The maximum Gasteiger partial charge on any atom is 0.261 e. The highest BCUT2D eigenvalue weighted by Gasteiger charge is 2.17. The lowest BCUT2D eigenvalue weighted by molar-refractivity contribution is 0.0973. The second-order valence-corrected chi connectivity index (χ2v) is 9.81. The van der Waals surface area contributed by atoms with Gasteiger partial charge in [-0.05, 0) is 61.0 Å². The first-order valence-electron chi connectivity index (χ1n) is 9.48. The molecule has 0 atom stereocenters. The zero-order valence-corrected chi connectivity index (χ0v) is 19.1. The van der Waals surface area contributed by atoms with Crippen LogP contribution in [0.25, 0.3) is 0 Å². The van der Waals surface area contributed by atoms with Crippen molar-refractivity contribution < 1.29 is 17.9 Å². The van der Waals surface area contributed by atoms with Crippen LogP contribution in [0.2, 0.25) is 0 Å². The molecule has 2 aromatic rings. The third-order valence-electron chi connectivity index (χ3n) is 4.20. The number of hydrogen-bond donors (Lipinski definition) is 2. The molecule has 0 unspecified atom stereocenters. The van der Waals surface area contributed by atoms with Gasteiger partial charge in [0.25, 0.3) is 5.91 Å². The van der Waals surface area contributed by atoms with Gasteiger partial charge in [-0.25, -0.2) is 12.7 Å². The van der Waals surface area contributed by atoms with Crippen LogP contribution in [0.3, 0.4) is 0 Å². The summed E-state index contributed by atoms with van der Waals surface area (Å²) in [7, 11) is -0.569. The Kier molecular flexibility index (Phi) is 8.33. The Morgan fingerprint density at radius 3 is 2.33 bits per heavy atom. The Morgan fingerprint density at radius 2 is 1.73 bits per heavy atom. The summed E-state index contributed by atoms with van der Waals surface area (Å²) in [5, 5.41) is 5.60. The predicted molar refractivity (Wildman–Crippen MR) is 122 cm³/mol. The van der Waals surface area contributed by atoms with Gasteiger partial charge in [-0.1, -0.05) is 26.0 Å². The first-order chi connectivity index (χ1) is 14.1. The van der Waals surface area contributed by atoms with Crippen LogP contribution in [0.5, 0.6) is 5.75 Å². The fraction of sp³-hybridized carbons (Fsp3) is 0.333. The first-order valence-corrected chi connectivity index (χ1v) is 11.3. The number of anilines is 1. The Balaban J connectivity index is 2.01. The van der Waals surface area contributed by atoms with E-state index >= 15 is 0 Å². The molecule has 0 aliphatic heterocycles. The number of nitrogens with one attached hydrogen (secondary N) is 2. The molecular weight excluding hydrogens is 422 g/mol. The molecule has 2 N–H and O–H groups in total. The van der Waals surface area contributed by atoms with Gasteiger partial charge in [0, 0.05) is 19.8 Å². The van der Waals surface area contributed by atoms with Gasteiger partial charge in [0.1, 0.15) is 5.75 Å². The molecule has 2 rings (SSSR count). The lowest BCUT2D eigenvalue weighted by Gasteiger charge is -2.14. The normalized spacial score (nSPS) is 11.4. The van der Waals surface area contributed by atoms with Crippen LogP contribution in [-0.4, -0.2) is 44.4 Å². The minimum Gasteiger partial charge on any atom is -0.493 e. The third-order valence-corrected chi connectivity index (χ3v) is 6.24. The number of ether oxygens (including phenoxy) is 1. The number of hydrogen-bond acceptors (Lipinski definition) is 5. The van der Waals surface area contributed by atoms with Crippen molar-refractivity contribution in [3.8, 4) is 5.75 Å². The molecule has 1 amide bonds. The van der Waals surface area contributed by atoms with E-state index in [1.54, 1.807) is 36.4 Å². The molecule has 0 aliphatic rings. The van der Waals surface area contributed by atoms with E-state index < -0.39 is 10.0 Å². The number of nitrogens with zero attached hydrogens (tertiary/aromatic N) is 1. The molecule has 0 saturated heterocycles. The first kappa shape index (κ1) is 23.8. The van der Waals surface area contributed by atoms with Crippen molar-refractivity contribution in [2.45, 2.75) is 25.2 Å². The maximum atomic E-state index is 12.6. The minimum absolute atomic E-state index is 0.0974. The Hall–Kier alpha value is -2.49. The molecule has 2 aromatic carbocycles. The van der Waals surface area contributed by atoms with Gasteiger partial charge in [-0.15, -0.1) is 0 Å². The highest BCUT2D eigenvalue weighted by atomic mass is 32.2. The van der Waals surface area contributed by atoms with E-state index in [-0.39, 0.29) is 15.9 Å². The third kappa shape index (κ3) is 6.51. The summed E-state index contributed by atoms with van der Waals surface area (Å²) in [4.78, 5) is 12.8. The minimum atomic E-state index is -3.51. The number of carbonyl (C=O) groups is 1. The van der Waals surface area contributed by atoms with Crippen molar-refractivity contribution in [1.82, 2.24) is 9.62 Å². The lowest BCUT2D eigenvalue weighted by Crippen LogP contribution is -2.34. The topological polar surface area (TPSA) is 87.7 Å². The highest BCUT2D eigenvalue weighted by Crippen LogP contribution is 2.19. The van der Waals surface area contributed by atoms with Gasteiger partial charge in [0.15, 0.2) is 5.11 Å². The van der Waals surface area contributed by atoms with Crippen molar-refractivity contribution in [1.29, 1.82) is 0 Å². The van der Waals surface area contributed by atoms with E-state index in [2.05, 4.69) is 24.5 Å². The van der Waals surface area contributed by atoms with E-state index in [0.29, 0.717) is 29.5 Å². The molecule has 0 aromatic heterocycles. The van der Waals surface area contributed by atoms with Gasteiger partial charge in [-0.2, -0.15) is 0 Å². The van der Waals surface area contributed by atoms with Crippen molar-refractivity contribution in [2.24, 2.45) is 5.92 Å². The van der Waals surface area contributed by atoms with E-state index in [9.17, 15) is 13.2 Å². The second kappa shape index (κ2) is 10.5. The SMILES string of the molecule is CC(C)CCOc1ccccc1C(=O)NC(=S)Nc1ccc(S(=O)(=O)N(C)C)cc1. The van der Waals surface area contributed by atoms with Crippen molar-refractivity contribution in [3.05, 3.63) is 54.1 Å². The van der Waals surface area contributed by atoms with Gasteiger partial charge in [-0.3, -0.25) is 10.1 Å². The van der Waals surface area contributed by atoms with Gasteiger partial charge in [0.2, 0.25) is 10.0 Å². The molecule has 0 spiro atoms. The van der Waals surface area contributed by atoms with Crippen LogP contribution in [0.1, 0.15) is 30.6 Å². The smallest absolute Gasteiger partial charge is 0.261 e. The van der Waals surface area contributed by atoms with Crippen LogP contribution in [0, 0.1) is 5.92 Å². The molecule has 0 radical (unpaired) electrons. The summed E-state index contributed by atoms with van der Waals surface area (Å²) in [5.74, 6) is 0.609. The average Bonchev–Trinajstić information content (AvgIpc) is 2.68. The molecule has 0 bridgehead atoms. The molecule has 9 heteroatoms. The molecule has 30 heavy (non-hydrogen) atoms. The van der Waals surface area contributed by atoms with Crippen molar-refractivity contribution in [2.75, 3.05) is 26.0 Å². The number of para-hydroxylation sites is 1. The maximum absolute atomic E-state index is 12.6. The summed E-state index contributed by atoms with van der Waals surface area (Å²) >= 11 is 5.21. The van der Waals surface area contributed by atoms with Crippen LogP contribution < -0.4 is 15.4 Å². The van der Waals surface area contributed by atoms with Gasteiger partial charge < -0.3 is 10.1 Å². The molecule has 0 aliphatic carbocycles. The van der Waals surface area contributed by atoms with E-state index in [1.807, 2.05) is 0 Å². The van der Waals surface area contributed by atoms with E-state index in [4.69, 9.17) is 17.0 Å². The summed E-state index contributed by atoms with van der Waals surface area (Å²) in [6.45, 7) is 4.73. The van der Waals surface area contributed by atoms with Crippen LogP contribution in [0.4, 0.5) is 5.69 Å². The monoisotopic (exact) mass is 449 g/mol. The molecule has 162 valence electrons. The standard InChI is InChI=1S/C21H27N3O4S2/c1-15(2)13-14-28-19-8-6-5-7-18(19)20(25)23-21(29)22-16-9-11-17(12-10-16)30(26,27)24(3)4/h5-12,15H,13-14H2,1-4H3,(H2,22,23,25,29). The second-order valence-electron chi connectivity index (χ2n) is 7.25. The van der Waals surface area contributed by atoms with Crippen LogP contribution in [0.15, 0.2) is 53.4 Å². The largest absolute Gasteiger partial charge is 0.493 e. The molecule has 0 fully saturated rings. The molecule has 0 heterocycles. The molecular formula is C21H27N3O4S2. The van der Waals surface area contributed by atoms with E-state index in [0.717, 1.165) is 10.7 Å². The Morgan fingerprint density at radius 1 is 1.10 bits per heavy atom. The zero-order chi connectivity index (χ0) is 22.3. The zero-order valence-electron chi connectivity index (χ0n) is 17.5. The summed E-state index contributed by atoms with van der Waals surface area (Å²) in [6, 6.07) is 13.1. The predicted octanol–water partition coefficient (Wildman–Crippen LogP) is 3.49. The highest BCUT2D eigenvalue weighted by molar-refractivity contribution is 7.89. The molecule has 7 nitrogen and oxygen atoms in total. The average molecular weight is 450 g/mol. The van der Waals surface area contributed by atoms with E-state index in [1.165, 1.54) is 26.2 Å². The number of rotatable bonds is 8. The number of carbonyl (C=O) groups excluding carboxylic acids is 1. The number of sulfonamides is 1. The fourth-order valence-electron chi connectivity index (χ4n) is 2.44. The summed E-state index contributed by atoms with van der Waals surface area (Å²) < 4.78 is 31.1. The number of amides is 1. The fourth-order valence-corrected chi connectivity index (χ4v) is 3.55. The summed E-state index contributed by atoms with van der Waals surface area (Å²) in [5.41, 5.74) is 0.942. The Labute approximate surface area is 183 Å². The summed E-state index contributed by atoms with van der Waals surface area (Å²) in [6.07, 6.45) is 0.884. The number of benzene rings is 2. The lowest BCUT2D eigenvalue weighted by atomic mass is 10.1. The van der Waals surface area contributed by atoms with Crippen LogP contribution in [-0.2, 0) is 10.0 Å². The Bertz CT molecular complexity index is 988. The number of thiocarbonyl (C=S) groups is 1. The van der Waals surface area contributed by atoms with Crippen LogP contribution >= 0.6 is 12.2 Å². The molecule has 0 saturated carbocycles. The van der Waals surface area contributed by atoms with Crippen molar-refractivity contribution in [3.63, 3.8) is 0 Å².